The first-order chi connectivity index (χ1) is 7.92. The summed E-state index contributed by atoms with van der Waals surface area (Å²) in [5.41, 5.74) is 5.58. The van der Waals surface area contributed by atoms with Gasteiger partial charge in [-0.1, -0.05) is 13.3 Å². The zero-order chi connectivity index (χ0) is 12.9. The molecule has 2 unspecified atom stereocenters. The Bertz CT molecular complexity index is 245. The first-order valence-corrected chi connectivity index (χ1v) is 6.90. The molecule has 17 heavy (non-hydrogen) atoms. The fourth-order valence-corrected chi connectivity index (χ4v) is 2.45. The van der Waals surface area contributed by atoms with Gasteiger partial charge in [0.25, 0.3) is 0 Å². The highest BCUT2D eigenvalue weighted by molar-refractivity contribution is 5.69. The molecule has 100 valence electrons. The molecule has 2 N–H and O–H groups in total. The van der Waals surface area contributed by atoms with Crippen molar-refractivity contribution in [1.29, 1.82) is 0 Å². The van der Waals surface area contributed by atoms with Crippen molar-refractivity contribution in [3.8, 4) is 0 Å². The first-order valence-electron chi connectivity index (χ1n) is 6.90. The number of hydrogen-bond donors (Lipinski definition) is 1. The molecule has 0 aromatic heterocycles. The molecule has 3 heteroatoms. The van der Waals surface area contributed by atoms with Gasteiger partial charge < -0.3 is 10.5 Å². The summed E-state index contributed by atoms with van der Waals surface area (Å²) in [5.74, 6) is 0.493. The summed E-state index contributed by atoms with van der Waals surface area (Å²) in [6.07, 6.45) is 7.11. The molecule has 0 saturated heterocycles. The molecule has 1 fully saturated rings. The maximum atomic E-state index is 11.7. The van der Waals surface area contributed by atoms with E-state index in [1.54, 1.807) is 0 Å². The van der Waals surface area contributed by atoms with Crippen LogP contribution in [0.15, 0.2) is 0 Å². The van der Waals surface area contributed by atoms with Crippen LogP contribution in [0.1, 0.15) is 65.7 Å². The molecule has 2 atom stereocenters. The molecule has 0 bridgehead atoms. The highest BCUT2D eigenvalue weighted by Gasteiger charge is 2.27. The fraction of sp³-hybridized carbons (Fsp3) is 0.929. The summed E-state index contributed by atoms with van der Waals surface area (Å²) < 4.78 is 5.60. The van der Waals surface area contributed by atoms with E-state index in [1.807, 2.05) is 13.8 Å². The second kappa shape index (κ2) is 6.39. The van der Waals surface area contributed by atoms with E-state index in [4.69, 9.17) is 10.5 Å². The summed E-state index contributed by atoms with van der Waals surface area (Å²) in [5, 5.41) is 0. The lowest BCUT2D eigenvalue weighted by molar-refractivity contribution is -0.154. The van der Waals surface area contributed by atoms with E-state index >= 15 is 0 Å². The normalized spacial score (nSPS) is 25.6. The molecule has 0 aromatic rings. The number of rotatable bonds is 5. The minimum atomic E-state index is -0.282. The Morgan fingerprint density at radius 1 is 1.35 bits per heavy atom. The lowest BCUT2D eigenvalue weighted by atomic mass is 9.85. The van der Waals surface area contributed by atoms with Gasteiger partial charge in [-0.3, -0.25) is 4.79 Å². The van der Waals surface area contributed by atoms with Gasteiger partial charge in [0.15, 0.2) is 0 Å². The molecule has 0 amide bonds. The summed E-state index contributed by atoms with van der Waals surface area (Å²) in [6.45, 7) is 6.06. The third-order valence-electron chi connectivity index (χ3n) is 3.62. The van der Waals surface area contributed by atoms with Crippen molar-refractivity contribution in [1.82, 2.24) is 0 Å². The number of carbonyl (C=O) groups excluding carboxylic acids is 1. The van der Waals surface area contributed by atoms with Gasteiger partial charge in [0.1, 0.15) is 6.10 Å². The Kier molecular flexibility index (Phi) is 5.44. The van der Waals surface area contributed by atoms with Crippen LogP contribution in [-0.4, -0.2) is 17.6 Å². The Morgan fingerprint density at radius 3 is 2.59 bits per heavy atom. The fourth-order valence-electron chi connectivity index (χ4n) is 2.45. The van der Waals surface area contributed by atoms with Crippen LogP contribution >= 0.6 is 0 Å². The van der Waals surface area contributed by atoms with Gasteiger partial charge in [-0.15, -0.1) is 0 Å². The summed E-state index contributed by atoms with van der Waals surface area (Å²) in [7, 11) is 0. The van der Waals surface area contributed by atoms with E-state index in [1.165, 1.54) is 19.3 Å². The minimum absolute atomic E-state index is 0.0751. The monoisotopic (exact) mass is 241 g/mol. The average molecular weight is 241 g/mol. The van der Waals surface area contributed by atoms with Crippen LogP contribution < -0.4 is 5.73 Å². The van der Waals surface area contributed by atoms with Crippen LogP contribution in [0, 0.1) is 5.92 Å². The van der Waals surface area contributed by atoms with Gasteiger partial charge >= 0.3 is 5.97 Å². The molecule has 1 rings (SSSR count). The van der Waals surface area contributed by atoms with Crippen molar-refractivity contribution >= 4 is 5.97 Å². The molecule has 1 saturated carbocycles. The Balaban J connectivity index is 2.33. The van der Waals surface area contributed by atoms with Crippen molar-refractivity contribution in [2.75, 3.05) is 0 Å². The van der Waals surface area contributed by atoms with E-state index in [-0.39, 0.29) is 17.6 Å². The molecular formula is C14H27NO2. The predicted molar refractivity (Wildman–Crippen MR) is 69.6 cm³/mol. The zero-order valence-electron chi connectivity index (χ0n) is 11.5. The van der Waals surface area contributed by atoms with Gasteiger partial charge in [0.2, 0.25) is 0 Å². The van der Waals surface area contributed by atoms with Gasteiger partial charge in [0, 0.05) is 12.0 Å². The summed E-state index contributed by atoms with van der Waals surface area (Å²) in [4.78, 5) is 11.7. The maximum Gasteiger partial charge on any atom is 0.306 e. The molecular weight excluding hydrogens is 214 g/mol. The van der Waals surface area contributed by atoms with E-state index in [9.17, 15) is 4.79 Å². The number of esters is 1. The van der Waals surface area contributed by atoms with Crippen LogP contribution in [0.5, 0.6) is 0 Å². The molecule has 0 heterocycles. The molecule has 1 aliphatic carbocycles. The topological polar surface area (TPSA) is 52.3 Å². The molecule has 3 nitrogen and oxygen atoms in total. The Hall–Kier alpha value is -0.570. The third-order valence-corrected chi connectivity index (χ3v) is 3.62. The highest BCUT2D eigenvalue weighted by atomic mass is 16.5. The molecule has 0 radical (unpaired) electrons. The first kappa shape index (κ1) is 14.5. The van der Waals surface area contributed by atoms with E-state index in [2.05, 4.69) is 6.92 Å². The quantitative estimate of drug-likeness (QED) is 0.753. The zero-order valence-corrected chi connectivity index (χ0v) is 11.5. The number of ether oxygens (including phenoxy) is 1. The van der Waals surface area contributed by atoms with Crippen LogP contribution in [0.4, 0.5) is 0 Å². The van der Waals surface area contributed by atoms with Gasteiger partial charge in [-0.05, 0) is 51.9 Å². The van der Waals surface area contributed by atoms with Crippen molar-refractivity contribution < 1.29 is 9.53 Å². The molecule has 0 spiro atoms. The minimum Gasteiger partial charge on any atom is -0.462 e. The lowest BCUT2D eigenvalue weighted by Crippen LogP contribution is -2.34. The van der Waals surface area contributed by atoms with E-state index in [0.717, 1.165) is 12.8 Å². The van der Waals surface area contributed by atoms with Gasteiger partial charge in [-0.2, -0.15) is 0 Å². The smallest absolute Gasteiger partial charge is 0.306 e. The van der Waals surface area contributed by atoms with E-state index < -0.39 is 0 Å². The Labute approximate surface area is 105 Å². The van der Waals surface area contributed by atoms with Gasteiger partial charge in [-0.25, -0.2) is 0 Å². The van der Waals surface area contributed by atoms with Crippen molar-refractivity contribution in [2.45, 2.75) is 77.4 Å². The molecule has 0 aliphatic heterocycles. The van der Waals surface area contributed by atoms with Crippen molar-refractivity contribution in [2.24, 2.45) is 11.7 Å². The average Bonchev–Trinajstić information content (AvgIpc) is 2.26. The lowest BCUT2D eigenvalue weighted by Gasteiger charge is -2.30. The standard InChI is InChI=1S/C14H27NO2/c1-4-11-7-5-6-8-12(11)17-13(16)9-10-14(2,3)15/h11-12H,4-10,15H2,1-3H3. The summed E-state index contributed by atoms with van der Waals surface area (Å²) in [6, 6.07) is 0. The van der Waals surface area contributed by atoms with Crippen molar-refractivity contribution in [3.63, 3.8) is 0 Å². The van der Waals surface area contributed by atoms with Crippen LogP contribution in [0.3, 0.4) is 0 Å². The second-order valence-corrected chi connectivity index (χ2v) is 5.97. The van der Waals surface area contributed by atoms with Crippen molar-refractivity contribution in [3.05, 3.63) is 0 Å². The number of hydrogen-bond acceptors (Lipinski definition) is 3. The second-order valence-electron chi connectivity index (χ2n) is 5.97. The SMILES string of the molecule is CCC1CCCCC1OC(=O)CCC(C)(C)N. The largest absolute Gasteiger partial charge is 0.462 e. The van der Waals surface area contributed by atoms with Crippen LogP contribution in [-0.2, 0) is 9.53 Å². The van der Waals surface area contributed by atoms with E-state index in [0.29, 0.717) is 18.8 Å². The highest BCUT2D eigenvalue weighted by Crippen LogP contribution is 2.29. The number of carbonyl (C=O) groups is 1. The number of nitrogens with two attached hydrogens (primary N) is 1. The molecule has 1 aliphatic rings. The predicted octanol–water partition coefficient (Wildman–Crippen LogP) is 3.02. The Morgan fingerprint density at radius 2 is 2.00 bits per heavy atom. The maximum absolute atomic E-state index is 11.7. The van der Waals surface area contributed by atoms with Crippen LogP contribution in [0.2, 0.25) is 0 Å². The summed E-state index contributed by atoms with van der Waals surface area (Å²) >= 11 is 0. The molecule has 0 aromatic carbocycles. The van der Waals surface area contributed by atoms with Crippen LogP contribution in [0.25, 0.3) is 0 Å². The van der Waals surface area contributed by atoms with Gasteiger partial charge in [0.05, 0.1) is 0 Å². The third kappa shape index (κ3) is 5.53.